The number of piperidine rings is 1. The molecular weight excluding hydrogens is 212 g/mol. The van der Waals surface area contributed by atoms with Crippen LogP contribution in [-0.4, -0.2) is 27.9 Å². The Hall–Kier alpha value is -1.35. The molecule has 1 fully saturated rings. The van der Waals surface area contributed by atoms with Gasteiger partial charge in [-0.15, -0.1) is 0 Å². The topological polar surface area (TPSA) is 35.8 Å². The van der Waals surface area contributed by atoms with Crippen molar-refractivity contribution >= 4 is 5.71 Å². The van der Waals surface area contributed by atoms with E-state index in [4.69, 9.17) is 5.21 Å². The van der Waals surface area contributed by atoms with Gasteiger partial charge in [0.05, 0.1) is 5.71 Å². The molecule has 0 unspecified atom stereocenters. The number of hydrogen-bond acceptors (Lipinski definition) is 3. The summed E-state index contributed by atoms with van der Waals surface area (Å²) in [4.78, 5) is 2.46. The van der Waals surface area contributed by atoms with E-state index in [2.05, 4.69) is 48.2 Å². The highest BCUT2D eigenvalue weighted by Crippen LogP contribution is 2.27. The molecule has 1 heterocycles. The molecule has 0 amide bonds. The fraction of sp³-hybridized carbons (Fsp3) is 0.500. The van der Waals surface area contributed by atoms with Crippen LogP contribution in [0.3, 0.4) is 0 Å². The van der Waals surface area contributed by atoms with E-state index in [1.54, 1.807) is 0 Å². The summed E-state index contributed by atoms with van der Waals surface area (Å²) in [6, 6.07) is 10.5. The second kappa shape index (κ2) is 4.88. The minimum atomic E-state index is 0.0651. The molecule has 2 rings (SSSR count). The standard InChI is InChI=1S/C14H20N2O/c1-14(2)10-13(15-17)8-9-16(14)11-12-6-4-3-5-7-12/h3-7,17H,8-11H2,1-2H3. The van der Waals surface area contributed by atoms with E-state index in [1.165, 1.54) is 5.56 Å². The molecule has 0 aromatic heterocycles. The predicted octanol–water partition coefficient (Wildman–Crippen LogP) is 2.89. The van der Waals surface area contributed by atoms with E-state index >= 15 is 0 Å². The third-order valence-corrected chi connectivity index (χ3v) is 3.52. The van der Waals surface area contributed by atoms with Crippen molar-refractivity contribution in [2.24, 2.45) is 5.16 Å². The Morgan fingerprint density at radius 1 is 1.29 bits per heavy atom. The minimum Gasteiger partial charge on any atom is -0.411 e. The maximum absolute atomic E-state index is 8.87. The molecule has 1 saturated heterocycles. The Kier molecular flexibility index (Phi) is 3.48. The smallest absolute Gasteiger partial charge is 0.0601 e. The molecular formula is C14H20N2O. The Morgan fingerprint density at radius 3 is 2.59 bits per heavy atom. The highest BCUT2D eigenvalue weighted by Gasteiger charge is 2.32. The molecule has 0 radical (unpaired) electrons. The van der Waals surface area contributed by atoms with Gasteiger partial charge >= 0.3 is 0 Å². The molecule has 1 N–H and O–H groups in total. The molecule has 1 aliphatic rings. The Labute approximate surface area is 103 Å². The third-order valence-electron chi connectivity index (χ3n) is 3.52. The molecule has 92 valence electrons. The molecule has 1 aliphatic heterocycles. The van der Waals surface area contributed by atoms with E-state index in [0.717, 1.165) is 31.6 Å². The summed E-state index contributed by atoms with van der Waals surface area (Å²) in [5.41, 5.74) is 2.32. The third kappa shape index (κ3) is 2.86. The van der Waals surface area contributed by atoms with Crippen molar-refractivity contribution in [2.45, 2.75) is 38.8 Å². The molecule has 0 bridgehead atoms. The van der Waals surface area contributed by atoms with Crippen molar-refractivity contribution < 1.29 is 5.21 Å². The van der Waals surface area contributed by atoms with Gasteiger partial charge in [0.1, 0.15) is 0 Å². The molecule has 0 saturated carbocycles. The zero-order chi connectivity index (χ0) is 12.3. The van der Waals surface area contributed by atoms with E-state index in [9.17, 15) is 0 Å². The normalized spacial score (nSPS) is 22.8. The highest BCUT2D eigenvalue weighted by molar-refractivity contribution is 5.85. The first-order valence-electron chi connectivity index (χ1n) is 6.10. The summed E-state index contributed by atoms with van der Waals surface area (Å²) in [5.74, 6) is 0. The average molecular weight is 232 g/mol. The van der Waals surface area contributed by atoms with Crippen LogP contribution in [0.5, 0.6) is 0 Å². The monoisotopic (exact) mass is 232 g/mol. The summed E-state index contributed by atoms with van der Waals surface area (Å²) in [6.45, 7) is 6.34. The van der Waals surface area contributed by atoms with Crippen LogP contribution in [0.1, 0.15) is 32.3 Å². The lowest BCUT2D eigenvalue weighted by Gasteiger charge is -2.42. The fourth-order valence-electron chi connectivity index (χ4n) is 2.45. The van der Waals surface area contributed by atoms with E-state index in [0.29, 0.717) is 0 Å². The fourth-order valence-corrected chi connectivity index (χ4v) is 2.45. The summed E-state index contributed by atoms with van der Waals surface area (Å²) < 4.78 is 0. The summed E-state index contributed by atoms with van der Waals surface area (Å²) in [6.07, 6.45) is 1.71. The van der Waals surface area contributed by atoms with Crippen molar-refractivity contribution in [1.29, 1.82) is 0 Å². The Bertz CT molecular complexity index is 398. The van der Waals surface area contributed by atoms with Crippen LogP contribution in [0.2, 0.25) is 0 Å². The molecule has 3 heteroatoms. The number of likely N-dealkylation sites (tertiary alicyclic amines) is 1. The van der Waals surface area contributed by atoms with Crippen LogP contribution in [-0.2, 0) is 6.54 Å². The van der Waals surface area contributed by atoms with Crippen molar-refractivity contribution in [2.75, 3.05) is 6.54 Å². The molecule has 0 atom stereocenters. The van der Waals surface area contributed by atoms with Crippen LogP contribution >= 0.6 is 0 Å². The molecule has 0 aliphatic carbocycles. The summed E-state index contributed by atoms with van der Waals surface area (Å²) in [7, 11) is 0. The van der Waals surface area contributed by atoms with Crippen LogP contribution < -0.4 is 0 Å². The number of hydrogen-bond donors (Lipinski definition) is 1. The SMILES string of the molecule is CC1(C)CC(=NO)CCN1Cc1ccccc1. The maximum atomic E-state index is 8.87. The lowest BCUT2D eigenvalue weighted by atomic mass is 9.88. The minimum absolute atomic E-state index is 0.0651. The van der Waals surface area contributed by atoms with Gasteiger partial charge in [-0.25, -0.2) is 0 Å². The molecule has 3 nitrogen and oxygen atoms in total. The molecule has 1 aromatic rings. The second-order valence-corrected chi connectivity index (χ2v) is 5.31. The molecule has 0 spiro atoms. The predicted molar refractivity (Wildman–Crippen MR) is 69.4 cm³/mol. The quantitative estimate of drug-likeness (QED) is 0.628. The largest absolute Gasteiger partial charge is 0.411 e. The van der Waals surface area contributed by atoms with Crippen molar-refractivity contribution in [1.82, 2.24) is 4.90 Å². The van der Waals surface area contributed by atoms with Crippen LogP contribution in [0.25, 0.3) is 0 Å². The Morgan fingerprint density at radius 2 is 2.00 bits per heavy atom. The average Bonchev–Trinajstić information content (AvgIpc) is 2.33. The number of rotatable bonds is 2. The van der Waals surface area contributed by atoms with Crippen LogP contribution in [0, 0.1) is 0 Å². The van der Waals surface area contributed by atoms with Crippen molar-refractivity contribution in [3.63, 3.8) is 0 Å². The van der Waals surface area contributed by atoms with Gasteiger partial charge in [0, 0.05) is 31.5 Å². The van der Waals surface area contributed by atoms with Crippen LogP contribution in [0.15, 0.2) is 35.5 Å². The van der Waals surface area contributed by atoms with Gasteiger partial charge in [0.2, 0.25) is 0 Å². The van der Waals surface area contributed by atoms with Crippen LogP contribution in [0.4, 0.5) is 0 Å². The van der Waals surface area contributed by atoms with E-state index in [1.807, 2.05) is 6.07 Å². The first-order chi connectivity index (χ1) is 8.12. The van der Waals surface area contributed by atoms with Gasteiger partial charge in [-0.05, 0) is 19.4 Å². The van der Waals surface area contributed by atoms with Gasteiger partial charge in [-0.1, -0.05) is 35.5 Å². The van der Waals surface area contributed by atoms with Crippen molar-refractivity contribution in [3.05, 3.63) is 35.9 Å². The highest BCUT2D eigenvalue weighted by atomic mass is 16.4. The van der Waals surface area contributed by atoms with E-state index < -0.39 is 0 Å². The molecule has 1 aromatic carbocycles. The first-order valence-corrected chi connectivity index (χ1v) is 6.10. The zero-order valence-corrected chi connectivity index (χ0v) is 10.6. The van der Waals surface area contributed by atoms with Gasteiger partial charge < -0.3 is 5.21 Å². The van der Waals surface area contributed by atoms with Gasteiger partial charge in [0.25, 0.3) is 0 Å². The summed E-state index contributed by atoms with van der Waals surface area (Å²) >= 11 is 0. The summed E-state index contributed by atoms with van der Waals surface area (Å²) in [5, 5.41) is 12.2. The Balaban J connectivity index is 2.07. The second-order valence-electron chi connectivity index (χ2n) is 5.31. The van der Waals surface area contributed by atoms with Gasteiger partial charge in [-0.3, -0.25) is 4.90 Å². The lowest BCUT2D eigenvalue weighted by molar-refractivity contribution is 0.105. The van der Waals surface area contributed by atoms with Gasteiger partial charge in [0.15, 0.2) is 0 Å². The molecule has 17 heavy (non-hydrogen) atoms. The maximum Gasteiger partial charge on any atom is 0.0601 e. The lowest BCUT2D eigenvalue weighted by Crippen LogP contribution is -2.49. The van der Waals surface area contributed by atoms with E-state index in [-0.39, 0.29) is 5.54 Å². The number of nitrogens with zero attached hydrogens (tertiary/aromatic N) is 2. The number of benzene rings is 1. The van der Waals surface area contributed by atoms with Crippen molar-refractivity contribution in [3.8, 4) is 0 Å². The zero-order valence-electron chi connectivity index (χ0n) is 10.6. The first kappa shape index (κ1) is 12.1. The number of oxime groups is 1. The van der Waals surface area contributed by atoms with Gasteiger partial charge in [-0.2, -0.15) is 0 Å².